The Hall–Kier alpha value is -2.14. The van der Waals surface area contributed by atoms with E-state index >= 15 is 0 Å². The van der Waals surface area contributed by atoms with Crippen LogP contribution in [0.25, 0.3) is 0 Å². The second-order valence-electron chi connectivity index (χ2n) is 5.01. The molecule has 0 aliphatic carbocycles. The Labute approximate surface area is 117 Å². The van der Waals surface area contributed by atoms with Gasteiger partial charge in [-0.15, -0.1) is 0 Å². The molecule has 0 spiro atoms. The van der Waals surface area contributed by atoms with Gasteiger partial charge in [-0.05, 0) is 30.2 Å². The van der Waals surface area contributed by atoms with Gasteiger partial charge in [-0.1, -0.05) is 6.07 Å². The molecule has 2 heterocycles. The first kappa shape index (κ1) is 12.9. The second-order valence-corrected chi connectivity index (χ2v) is 5.01. The molecule has 20 heavy (non-hydrogen) atoms. The maximum Gasteiger partial charge on any atom is 0.251 e. The van der Waals surface area contributed by atoms with Crippen LogP contribution in [0.5, 0.6) is 0 Å². The number of carbonyl (C=O) groups excluding carboxylic acids is 1. The van der Waals surface area contributed by atoms with E-state index in [2.05, 4.69) is 15.6 Å². The molecule has 0 bridgehead atoms. The first-order chi connectivity index (χ1) is 9.63. The summed E-state index contributed by atoms with van der Waals surface area (Å²) >= 11 is 0. The van der Waals surface area contributed by atoms with Gasteiger partial charge in [-0.3, -0.25) is 4.79 Å². The summed E-state index contributed by atoms with van der Waals surface area (Å²) in [7, 11) is 0. The molecular formula is C15H17N3O2. The minimum atomic E-state index is -0.0897. The SMILES string of the molecule is Cc1nc(C)c(CNC(=O)c2ccc3c(c2)CNC3)o1. The summed E-state index contributed by atoms with van der Waals surface area (Å²) in [4.78, 5) is 16.3. The number of aryl methyl sites for hydroxylation is 2. The number of rotatable bonds is 3. The lowest BCUT2D eigenvalue weighted by Gasteiger charge is -2.05. The van der Waals surface area contributed by atoms with Crippen molar-refractivity contribution in [3.05, 3.63) is 52.2 Å². The quantitative estimate of drug-likeness (QED) is 0.893. The summed E-state index contributed by atoms with van der Waals surface area (Å²) in [5.74, 6) is 1.24. The van der Waals surface area contributed by atoms with E-state index in [-0.39, 0.29) is 5.91 Å². The van der Waals surface area contributed by atoms with E-state index in [1.165, 1.54) is 11.1 Å². The predicted octanol–water partition coefficient (Wildman–Crippen LogP) is 1.82. The molecule has 1 aliphatic heterocycles. The van der Waals surface area contributed by atoms with Gasteiger partial charge in [0.2, 0.25) is 0 Å². The third-order valence-electron chi connectivity index (χ3n) is 3.51. The summed E-state index contributed by atoms with van der Waals surface area (Å²) < 4.78 is 5.44. The Kier molecular flexibility index (Phi) is 3.28. The molecule has 0 radical (unpaired) electrons. The molecule has 0 saturated carbocycles. The topological polar surface area (TPSA) is 67.2 Å². The van der Waals surface area contributed by atoms with Gasteiger partial charge < -0.3 is 15.1 Å². The monoisotopic (exact) mass is 271 g/mol. The normalized spacial score (nSPS) is 13.3. The molecule has 5 nitrogen and oxygen atoms in total. The van der Waals surface area contributed by atoms with Crippen LogP contribution in [0.15, 0.2) is 22.6 Å². The fourth-order valence-corrected chi connectivity index (χ4v) is 2.44. The van der Waals surface area contributed by atoms with E-state index in [9.17, 15) is 4.79 Å². The number of aromatic nitrogens is 1. The maximum absolute atomic E-state index is 12.1. The number of hydrogen-bond donors (Lipinski definition) is 2. The van der Waals surface area contributed by atoms with Crippen molar-refractivity contribution in [2.75, 3.05) is 0 Å². The van der Waals surface area contributed by atoms with Crippen molar-refractivity contribution in [3.8, 4) is 0 Å². The predicted molar refractivity (Wildman–Crippen MR) is 74.1 cm³/mol. The summed E-state index contributed by atoms with van der Waals surface area (Å²) in [6, 6.07) is 5.82. The lowest BCUT2D eigenvalue weighted by atomic mass is 10.1. The van der Waals surface area contributed by atoms with Crippen molar-refractivity contribution < 1.29 is 9.21 Å². The standard InChI is InChI=1S/C15H17N3O2/c1-9-14(20-10(2)18-9)8-17-15(19)11-3-4-12-6-16-7-13(12)5-11/h3-5,16H,6-8H2,1-2H3,(H,17,19). The lowest BCUT2D eigenvalue weighted by Crippen LogP contribution is -2.23. The van der Waals surface area contributed by atoms with Crippen LogP contribution in [-0.4, -0.2) is 10.9 Å². The highest BCUT2D eigenvalue weighted by Crippen LogP contribution is 2.17. The molecule has 0 fully saturated rings. The number of oxazole rings is 1. The first-order valence-electron chi connectivity index (χ1n) is 6.67. The van der Waals surface area contributed by atoms with Crippen molar-refractivity contribution in [1.82, 2.24) is 15.6 Å². The Balaban J connectivity index is 1.69. The van der Waals surface area contributed by atoms with Gasteiger partial charge in [-0.2, -0.15) is 0 Å². The molecule has 2 aromatic rings. The molecule has 1 aromatic heterocycles. The minimum Gasteiger partial charge on any atom is -0.444 e. The fourth-order valence-electron chi connectivity index (χ4n) is 2.44. The molecule has 1 aromatic carbocycles. The number of hydrogen-bond acceptors (Lipinski definition) is 4. The number of nitrogens with one attached hydrogen (secondary N) is 2. The van der Waals surface area contributed by atoms with Crippen molar-refractivity contribution in [2.45, 2.75) is 33.5 Å². The van der Waals surface area contributed by atoms with Crippen molar-refractivity contribution in [3.63, 3.8) is 0 Å². The molecule has 0 atom stereocenters. The third kappa shape index (κ3) is 2.44. The smallest absolute Gasteiger partial charge is 0.251 e. The maximum atomic E-state index is 12.1. The number of benzene rings is 1. The minimum absolute atomic E-state index is 0.0897. The largest absolute Gasteiger partial charge is 0.444 e. The van der Waals surface area contributed by atoms with E-state index in [1.807, 2.05) is 25.1 Å². The van der Waals surface area contributed by atoms with Gasteiger partial charge in [0.15, 0.2) is 5.89 Å². The highest BCUT2D eigenvalue weighted by Gasteiger charge is 2.14. The third-order valence-corrected chi connectivity index (χ3v) is 3.51. The van der Waals surface area contributed by atoms with Crippen LogP contribution in [0.4, 0.5) is 0 Å². The van der Waals surface area contributed by atoms with Crippen LogP contribution < -0.4 is 10.6 Å². The van der Waals surface area contributed by atoms with Crippen molar-refractivity contribution >= 4 is 5.91 Å². The molecule has 1 amide bonds. The lowest BCUT2D eigenvalue weighted by molar-refractivity contribution is 0.0947. The van der Waals surface area contributed by atoms with Gasteiger partial charge >= 0.3 is 0 Å². The summed E-state index contributed by atoms with van der Waals surface area (Å²) in [6.07, 6.45) is 0. The average molecular weight is 271 g/mol. The Morgan fingerprint density at radius 3 is 2.90 bits per heavy atom. The highest BCUT2D eigenvalue weighted by atomic mass is 16.4. The molecular weight excluding hydrogens is 254 g/mol. The van der Waals surface area contributed by atoms with E-state index in [0.717, 1.165) is 18.8 Å². The molecule has 0 unspecified atom stereocenters. The molecule has 104 valence electrons. The van der Waals surface area contributed by atoms with Crippen LogP contribution in [0.1, 0.15) is 38.8 Å². The van der Waals surface area contributed by atoms with Crippen LogP contribution in [0, 0.1) is 13.8 Å². The van der Waals surface area contributed by atoms with Crippen LogP contribution in [-0.2, 0) is 19.6 Å². The first-order valence-corrected chi connectivity index (χ1v) is 6.67. The van der Waals surface area contributed by atoms with Gasteiger partial charge in [0.1, 0.15) is 5.76 Å². The Morgan fingerprint density at radius 2 is 2.15 bits per heavy atom. The Bertz CT molecular complexity index is 661. The van der Waals surface area contributed by atoms with Gasteiger partial charge in [-0.25, -0.2) is 4.98 Å². The molecule has 1 aliphatic rings. The zero-order valence-corrected chi connectivity index (χ0v) is 11.6. The van der Waals surface area contributed by atoms with E-state index in [0.29, 0.717) is 23.8 Å². The van der Waals surface area contributed by atoms with Crippen LogP contribution >= 0.6 is 0 Å². The molecule has 0 saturated heterocycles. The van der Waals surface area contributed by atoms with Gasteiger partial charge in [0, 0.05) is 25.6 Å². The zero-order chi connectivity index (χ0) is 14.1. The number of carbonyl (C=O) groups is 1. The van der Waals surface area contributed by atoms with Gasteiger partial charge in [0.05, 0.1) is 12.2 Å². The number of fused-ring (bicyclic) bond motifs is 1. The van der Waals surface area contributed by atoms with Crippen LogP contribution in [0.2, 0.25) is 0 Å². The molecule has 5 heteroatoms. The Morgan fingerprint density at radius 1 is 1.35 bits per heavy atom. The summed E-state index contributed by atoms with van der Waals surface area (Å²) in [6.45, 7) is 5.75. The van der Waals surface area contributed by atoms with E-state index in [1.54, 1.807) is 6.92 Å². The second kappa shape index (κ2) is 5.09. The van der Waals surface area contributed by atoms with Crippen molar-refractivity contribution in [2.24, 2.45) is 0 Å². The summed E-state index contributed by atoms with van der Waals surface area (Å²) in [5, 5.41) is 6.13. The van der Waals surface area contributed by atoms with Gasteiger partial charge in [0.25, 0.3) is 5.91 Å². The van der Waals surface area contributed by atoms with E-state index in [4.69, 9.17) is 4.42 Å². The van der Waals surface area contributed by atoms with Crippen molar-refractivity contribution in [1.29, 1.82) is 0 Å². The average Bonchev–Trinajstić information content (AvgIpc) is 3.01. The van der Waals surface area contributed by atoms with Crippen LogP contribution in [0.3, 0.4) is 0 Å². The highest BCUT2D eigenvalue weighted by molar-refractivity contribution is 5.94. The summed E-state index contributed by atoms with van der Waals surface area (Å²) in [5.41, 5.74) is 3.97. The fraction of sp³-hybridized carbons (Fsp3) is 0.333. The molecule has 3 rings (SSSR count). The molecule has 2 N–H and O–H groups in total. The number of amides is 1. The zero-order valence-electron chi connectivity index (χ0n) is 11.6. The number of nitrogens with zero attached hydrogens (tertiary/aromatic N) is 1. The van der Waals surface area contributed by atoms with E-state index < -0.39 is 0 Å².